The molecule has 0 aliphatic carbocycles. The number of nitrogens with one attached hydrogen (secondary N) is 1. The molecule has 1 rings (SSSR count). The molecule has 0 spiro atoms. The maximum absolute atomic E-state index is 12.8. The largest absolute Gasteiger partial charge is 0.377 e. The lowest BCUT2D eigenvalue weighted by Gasteiger charge is -2.17. The predicted octanol–water partition coefficient (Wildman–Crippen LogP) is 2.33. The summed E-state index contributed by atoms with van der Waals surface area (Å²) in [5, 5.41) is 2.61. The van der Waals surface area contributed by atoms with E-state index in [-0.39, 0.29) is 10.7 Å². The molecule has 0 bridgehead atoms. The van der Waals surface area contributed by atoms with Gasteiger partial charge in [0.25, 0.3) is 5.91 Å². The van der Waals surface area contributed by atoms with Crippen LogP contribution in [0.3, 0.4) is 0 Å². The first kappa shape index (κ1) is 16.4. The van der Waals surface area contributed by atoms with E-state index in [1.165, 1.54) is 30.5 Å². The fourth-order valence-electron chi connectivity index (χ4n) is 1.56. The first-order valence-electron chi connectivity index (χ1n) is 6.34. The van der Waals surface area contributed by atoms with Gasteiger partial charge in [-0.1, -0.05) is 0 Å². The van der Waals surface area contributed by atoms with Crippen LogP contribution in [-0.2, 0) is 15.6 Å². The van der Waals surface area contributed by atoms with E-state index in [2.05, 4.69) is 5.32 Å². The van der Waals surface area contributed by atoms with E-state index >= 15 is 0 Å². The van der Waals surface area contributed by atoms with Gasteiger partial charge >= 0.3 is 0 Å². The molecule has 0 aromatic heterocycles. The molecule has 0 saturated heterocycles. The molecule has 0 saturated carbocycles. The van der Waals surface area contributed by atoms with Gasteiger partial charge < -0.3 is 10.2 Å². The zero-order chi connectivity index (χ0) is 15.1. The molecule has 1 aromatic carbocycles. The number of hydrogen-bond donors (Lipinski definition) is 1. The molecule has 4 nitrogen and oxygen atoms in total. The van der Waals surface area contributed by atoms with Crippen molar-refractivity contribution in [2.75, 3.05) is 24.7 Å². The fourth-order valence-corrected chi connectivity index (χ4v) is 2.17. The van der Waals surface area contributed by atoms with Crippen LogP contribution in [-0.4, -0.2) is 34.4 Å². The number of carbonyl (C=O) groups excluding carboxylic acids is 1. The number of amides is 1. The molecular weight excluding hydrogens is 279 g/mol. The number of anilines is 1. The second-order valence-electron chi connectivity index (χ2n) is 4.13. The third-order valence-electron chi connectivity index (χ3n) is 2.75. The zero-order valence-corrected chi connectivity index (χ0v) is 12.7. The van der Waals surface area contributed by atoms with Crippen molar-refractivity contribution >= 4 is 22.4 Å². The molecule has 1 atom stereocenters. The van der Waals surface area contributed by atoms with E-state index in [1.54, 1.807) is 6.20 Å². The number of carbonyl (C=O) groups is 1. The second-order valence-corrected chi connectivity index (χ2v) is 5.48. The summed E-state index contributed by atoms with van der Waals surface area (Å²) in [5.41, 5.74) is 0.465. The Hall–Kier alpha value is -1.69. The molecule has 1 unspecified atom stereocenters. The second kappa shape index (κ2) is 7.79. The third-order valence-corrected chi connectivity index (χ3v) is 3.66. The van der Waals surface area contributed by atoms with Crippen molar-refractivity contribution in [1.82, 2.24) is 4.90 Å². The molecule has 1 aromatic rings. The summed E-state index contributed by atoms with van der Waals surface area (Å²) in [6.45, 7) is 5.35. The minimum atomic E-state index is -1.40. The molecule has 0 radical (unpaired) electrons. The van der Waals surface area contributed by atoms with Gasteiger partial charge in [-0.2, -0.15) is 0 Å². The summed E-state index contributed by atoms with van der Waals surface area (Å²) in [6.07, 6.45) is 3.06. The van der Waals surface area contributed by atoms with Gasteiger partial charge in [-0.05, 0) is 38.1 Å². The Bertz CT molecular complexity index is 510. The third kappa shape index (κ3) is 4.77. The Morgan fingerprint density at radius 2 is 1.85 bits per heavy atom. The summed E-state index contributed by atoms with van der Waals surface area (Å²) >= 11 is 0. The molecule has 1 amide bonds. The fraction of sp³-hybridized carbons (Fsp3) is 0.357. The molecule has 6 heteroatoms. The van der Waals surface area contributed by atoms with Crippen LogP contribution in [0.25, 0.3) is 0 Å². The van der Waals surface area contributed by atoms with Crippen LogP contribution in [0.2, 0.25) is 0 Å². The lowest BCUT2D eigenvalue weighted by Crippen LogP contribution is -2.23. The standard InChI is InChI=1S/C14H19FN2O2S/c1-4-17(5-2)10-13(20(3)19)14(18)16-12-8-6-11(15)7-9-12/h6-10H,4-5H2,1-3H3,(H,16,18)/b13-10-. The average molecular weight is 298 g/mol. The quantitative estimate of drug-likeness (QED) is 0.820. The van der Waals surface area contributed by atoms with Gasteiger partial charge in [0, 0.05) is 31.2 Å². The van der Waals surface area contributed by atoms with Gasteiger partial charge in [0.15, 0.2) is 0 Å². The van der Waals surface area contributed by atoms with Crippen molar-refractivity contribution in [2.45, 2.75) is 13.8 Å². The monoisotopic (exact) mass is 298 g/mol. The number of halogens is 1. The number of hydrogen-bond acceptors (Lipinski definition) is 3. The van der Waals surface area contributed by atoms with E-state index in [1.807, 2.05) is 18.7 Å². The molecule has 0 aliphatic heterocycles. The summed E-state index contributed by atoms with van der Waals surface area (Å²) in [5.74, 6) is -0.815. The van der Waals surface area contributed by atoms with Crippen molar-refractivity contribution in [3.05, 3.63) is 41.2 Å². The first-order valence-corrected chi connectivity index (χ1v) is 7.90. The van der Waals surface area contributed by atoms with Gasteiger partial charge in [-0.3, -0.25) is 9.00 Å². The lowest BCUT2D eigenvalue weighted by atomic mass is 10.3. The van der Waals surface area contributed by atoms with Crippen LogP contribution in [0.5, 0.6) is 0 Å². The number of rotatable bonds is 6. The van der Waals surface area contributed by atoms with Crippen LogP contribution in [0.1, 0.15) is 13.8 Å². The van der Waals surface area contributed by atoms with Crippen molar-refractivity contribution in [3.8, 4) is 0 Å². The van der Waals surface area contributed by atoms with E-state index in [4.69, 9.17) is 0 Å². The Labute approximate surface area is 121 Å². The highest BCUT2D eigenvalue weighted by Crippen LogP contribution is 2.11. The molecule has 0 aliphatic rings. The highest BCUT2D eigenvalue weighted by molar-refractivity contribution is 7.89. The highest BCUT2D eigenvalue weighted by Gasteiger charge is 2.15. The van der Waals surface area contributed by atoms with Gasteiger partial charge in [-0.25, -0.2) is 4.39 Å². The molecule has 0 fully saturated rings. The summed E-state index contributed by atoms with van der Waals surface area (Å²) in [6, 6.07) is 5.43. The Morgan fingerprint density at radius 1 is 1.30 bits per heavy atom. The van der Waals surface area contributed by atoms with Crippen molar-refractivity contribution in [2.24, 2.45) is 0 Å². The van der Waals surface area contributed by atoms with Crippen LogP contribution in [0, 0.1) is 5.82 Å². The Kier molecular flexibility index (Phi) is 6.38. The van der Waals surface area contributed by atoms with Gasteiger partial charge in [-0.15, -0.1) is 0 Å². The summed E-state index contributed by atoms with van der Waals surface area (Å²) in [7, 11) is -1.40. The van der Waals surface area contributed by atoms with Crippen molar-refractivity contribution in [1.29, 1.82) is 0 Å². The van der Waals surface area contributed by atoms with Crippen molar-refractivity contribution in [3.63, 3.8) is 0 Å². The molecule has 110 valence electrons. The maximum atomic E-state index is 12.8. The van der Waals surface area contributed by atoms with E-state index < -0.39 is 16.7 Å². The normalized spacial score (nSPS) is 12.9. The van der Waals surface area contributed by atoms with Gasteiger partial charge in [0.1, 0.15) is 10.7 Å². The van der Waals surface area contributed by atoms with Crippen molar-refractivity contribution < 1.29 is 13.4 Å². The number of nitrogens with zero attached hydrogens (tertiary/aromatic N) is 1. The molecule has 0 heterocycles. The van der Waals surface area contributed by atoms with Crippen LogP contribution in [0.15, 0.2) is 35.4 Å². The number of benzene rings is 1. The SMILES string of the molecule is CCN(/C=C(/C(=O)Nc1ccc(F)cc1)S(C)=O)CC. The Morgan fingerprint density at radius 3 is 2.30 bits per heavy atom. The predicted molar refractivity (Wildman–Crippen MR) is 80.1 cm³/mol. The maximum Gasteiger partial charge on any atom is 0.266 e. The molecule has 1 N–H and O–H groups in total. The summed E-state index contributed by atoms with van der Waals surface area (Å²) < 4.78 is 24.5. The molecule has 20 heavy (non-hydrogen) atoms. The summed E-state index contributed by atoms with van der Waals surface area (Å²) in [4.78, 5) is 14.2. The van der Waals surface area contributed by atoms with E-state index in [0.29, 0.717) is 5.69 Å². The van der Waals surface area contributed by atoms with E-state index in [0.717, 1.165) is 13.1 Å². The van der Waals surface area contributed by atoms with Crippen LogP contribution < -0.4 is 5.32 Å². The Balaban J connectivity index is 2.89. The van der Waals surface area contributed by atoms with Crippen LogP contribution in [0.4, 0.5) is 10.1 Å². The minimum absolute atomic E-state index is 0.193. The van der Waals surface area contributed by atoms with Gasteiger partial charge in [0.05, 0.1) is 10.8 Å². The zero-order valence-electron chi connectivity index (χ0n) is 11.9. The average Bonchev–Trinajstić information content (AvgIpc) is 2.42. The van der Waals surface area contributed by atoms with Gasteiger partial charge in [0.2, 0.25) is 0 Å². The topological polar surface area (TPSA) is 49.4 Å². The molecular formula is C14H19FN2O2S. The lowest BCUT2D eigenvalue weighted by molar-refractivity contribution is -0.112. The van der Waals surface area contributed by atoms with Crippen LogP contribution >= 0.6 is 0 Å². The highest BCUT2D eigenvalue weighted by atomic mass is 32.2. The first-order chi connectivity index (χ1) is 9.47. The van der Waals surface area contributed by atoms with E-state index in [9.17, 15) is 13.4 Å². The smallest absolute Gasteiger partial charge is 0.266 e. The minimum Gasteiger partial charge on any atom is -0.377 e.